The maximum absolute atomic E-state index is 4.73. The van der Waals surface area contributed by atoms with Gasteiger partial charge >= 0.3 is 0 Å². The van der Waals surface area contributed by atoms with Gasteiger partial charge in [-0.15, -0.1) is 0 Å². The first kappa shape index (κ1) is 20.7. The van der Waals surface area contributed by atoms with Crippen molar-refractivity contribution in [1.29, 1.82) is 0 Å². The van der Waals surface area contributed by atoms with E-state index in [1.807, 2.05) is 24.5 Å². The zero-order chi connectivity index (χ0) is 22.5. The molecule has 1 aliphatic heterocycles. The number of dihydropyridines is 1. The van der Waals surface area contributed by atoms with Crippen molar-refractivity contribution in [3.05, 3.63) is 138 Å². The number of aryl methyl sites for hydroxylation is 1. The molecule has 2 nitrogen and oxygen atoms in total. The van der Waals surface area contributed by atoms with Crippen LogP contribution in [0.15, 0.2) is 116 Å². The van der Waals surface area contributed by atoms with Crippen LogP contribution in [0.1, 0.15) is 28.3 Å². The standard InChI is InChI=1S/C31H26N2/c1-23-14-19-31(33-22-23)29-21-27(24-9-3-2-4-10-24)18-17-26(29)16-15-25-11-5-6-12-28(25)30-13-7-8-20-32-30/h2-22,30,32H,1H3/b16-15+. The minimum Gasteiger partial charge on any atom is -0.381 e. The lowest BCUT2D eigenvalue weighted by molar-refractivity contribution is 0.745. The van der Waals surface area contributed by atoms with Crippen molar-refractivity contribution < 1.29 is 0 Å². The molecule has 0 saturated carbocycles. The first-order valence-corrected chi connectivity index (χ1v) is 11.3. The Labute approximate surface area is 195 Å². The topological polar surface area (TPSA) is 24.9 Å². The van der Waals surface area contributed by atoms with Crippen LogP contribution in [0.3, 0.4) is 0 Å². The summed E-state index contributed by atoms with van der Waals surface area (Å²) in [5, 5.41) is 3.43. The van der Waals surface area contributed by atoms with Crippen LogP contribution in [-0.4, -0.2) is 4.98 Å². The summed E-state index contributed by atoms with van der Waals surface area (Å²) in [5.74, 6) is 0. The molecule has 1 atom stereocenters. The minimum absolute atomic E-state index is 0.176. The van der Waals surface area contributed by atoms with Gasteiger partial charge in [0, 0.05) is 11.8 Å². The zero-order valence-electron chi connectivity index (χ0n) is 18.6. The van der Waals surface area contributed by atoms with Crippen LogP contribution in [-0.2, 0) is 0 Å². The molecule has 0 saturated heterocycles. The van der Waals surface area contributed by atoms with E-state index >= 15 is 0 Å². The van der Waals surface area contributed by atoms with Gasteiger partial charge in [-0.3, -0.25) is 4.98 Å². The number of rotatable bonds is 5. The highest BCUT2D eigenvalue weighted by Crippen LogP contribution is 2.31. The van der Waals surface area contributed by atoms with Crippen LogP contribution < -0.4 is 5.32 Å². The van der Waals surface area contributed by atoms with Gasteiger partial charge in [-0.05, 0) is 64.7 Å². The summed E-state index contributed by atoms with van der Waals surface area (Å²) in [7, 11) is 0. The molecule has 1 unspecified atom stereocenters. The molecule has 1 aliphatic rings. The largest absolute Gasteiger partial charge is 0.381 e. The maximum atomic E-state index is 4.73. The van der Waals surface area contributed by atoms with Gasteiger partial charge in [-0.1, -0.05) is 97.1 Å². The van der Waals surface area contributed by atoms with Gasteiger partial charge in [0.1, 0.15) is 0 Å². The zero-order valence-corrected chi connectivity index (χ0v) is 18.6. The Bertz CT molecular complexity index is 1330. The van der Waals surface area contributed by atoms with Gasteiger partial charge in [0.2, 0.25) is 0 Å². The van der Waals surface area contributed by atoms with Gasteiger partial charge in [0.05, 0.1) is 11.7 Å². The Kier molecular flexibility index (Phi) is 5.99. The summed E-state index contributed by atoms with van der Waals surface area (Å²) in [6.45, 7) is 2.07. The molecule has 0 radical (unpaired) electrons. The lowest BCUT2D eigenvalue weighted by Gasteiger charge is -2.18. The molecule has 0 fully saturated rings. The van der Waals surface area contributed by atoms with E-state index in [4.69, 9.17) is 4.98 Å². The Morgan fingerprint density at radius 2 is 1.58 bits per heavy atom. The third-order valence-corrected chi connectivity index (χ3v) is 5.91. The number of pyridine rings is 1. The Morgan fingerprint density at radius 3 is 2.36 bits per heavy atom. The van der Waals surface area contributed by atoms with Crippen LogP contribution in [0.25, 0.3) is 34.5 Å². The summed E-state index contributed by atoms with van der Waals surface area (Å²) in [6, 6.07) is 30.1. The molecule has 2 heterocycles. The predicted molar refractivity (Wildman–Crippen MR) is 139 cm³/mol. The molecule has 3 aromatic carbocycles. The molecule has 1 N–H and O–H groups in total. The highest BCUT2D eigenvalue weighted by molar-refractivity contribution is 5.83. The second kappa shape index (κ2) is 9.54. The second-order valence-electron chi connectivity index (χ2n) is 8.24. The lowest BCUT2D eigenvalue weighted by atomic mass is 9.95. The molecule has 0 aliphatic carbocycles. The van der Waals surface area contributed by atoms with Crippen molar-refractivity contribution in [2.24, 2.45) is 0 Å². The van der Waals surface area contributed by atoms with Crippen LogP contribution >= 0.6 is 0 Å². The van der Waals surface area contributed by atoms with Crippen molar-refractivity contribution in [3.8, 4) is 22.4 Å². The highest BCUT2D eigenvalue weighted by Gasteiger charge is 2.11. The summed E-state index contributed by atoms with van der Waals surface area (Å²) in [6.07, 6.45) is 14.6. The normalized spacial score (nSPS) is 15.0. The number of allylic oxidation sites excluding steroid dienone is 2. The lowest BCUT2D eigenvalue weighted by Crippen LogP contribution is -2.15. The summed E-state index contributed by atoms with van der Waals surface area (Å²) < 4.78 is 0. The van der Waals surface area contributed by atoms with E-state index in [0.29, 0.717) is 0 Å². The third kappa shape index (κ3) is 4.70. The van der Waals surface area contributed by atoms with Crippen molar-refractivity contribution in [1.82, 2.24) is 10.3 Å². The number of benzene rings is 3. The Hall–Kier alpha value is -4.17. The molecule has 0 spiro atoms. The number of hydrogen-bond donors (Lipinski definition) is 1. The van der Waals surface area contributed by atoms with E-state index in [2.05, 4.69) is 115 Å². The van der Waals surface area contributed by atoms with Gasteiger partial charge in [0.25, 0.3) is 0 Å². The quantitative estimate of drug-likeness (QED) is 0.332. The van der Waals surface area contributed by atoms with Crippen molar-refractivity contribution >= 4 is 12.2 Å². The monoisotopic (exact) mass is 426 g/mol. The highest BCUT2D eigenvalue weighted by atomic mass is 14.9. The minimum atomic E-state index is 0.176. The predicted octanol–water partition coefficient (Wildman–Crippen LogP) is 7.61. The third-order valence-electron chi connectivity index (χ3n) is 5.91. The summed E-state index contributed by atoms with van der Waals surface area (Å²) in [4.78, 5) is 4.73. The molecule has 160 valence electrons. The average molecular weight is 427 g/mol. The Balaban J connectivity index is 1.56. The molecule has 2 heteroatoms. The van der Waals surface area contributed by atoms with E-state index in [1.165, 1.54) is 22.3 Å². The molecular weight excluding hydrogens is 400 g/mol. The van der Waals surface area contributed by atoms with E-state index in [-0.39, 0.29) is 6.04 Å². The smallest absolute Gasteiger partial charge is 0.0708 e. The van der Waals surface area contributed by atoms with Crippen molar-refractivity contribution in [2.45, 2.75) is 13.0 Å². The van der Waals surface area contributed by atoms with Crippen LogP contribution in [0.4, 0.5) is 0 Å². The fourth-order valence-electron chi connectivity index (χ4n) is 4.13. The van der Waals surface area contributed by atoms with Gasteiger partial charge in [-0.25, -0.2) is 0 Å². The van der Waals surface area contributed by atoms with E-state index < -0.39 is 0 Å². The SMILES string of the molecule is Cc1ccc(-c2cc(-c3ccccc3)ccc2/C=C/c2ccccc2C2C=CC=CN2)nc1. The number of aromatic nitrogens is 1. The van der Waals surface area contributed by atoms with E-state index in [0.717, 1.165) is 22.4 Å². The molecule has 4 aromatic rings. The summed E-state index contributed by atoms with van der Waals surface area (Å²) >= 11 is 0. The Morgan fingerprint density at radius 1 is 0.758 bits per heavy atom. The van der Waals surface area contributed by atoms with Crippen molar-refractivity contribution in [2.75, 3.05) is 0 Å². The van der Waals surface area contributed by atoms with Crippen LogP contribution in [0.2, 0.25) is 0 Å². The van der Waals surface area contributed by atoms with Gasteiger partial charge in [0.15, 0.2) is 0 Å². The van der Waals surface area contributed by atoms with Crippen molar-refractivity contribution in [3.63, 3.8) is 0 Å². The van der Waals surface area contributed by atoms with E-state index in [1.54, 1.807) is 0 Å². The number of nitrogens with zero attached hydrogens (tertiary/aromatic N) is 1. The van der Waals surface area contributed by atoms with Crippen LogP contribution in [0.5, 0.6) is 0 Å². The first-order valence-electron chi connectivity index (χ1n) is 11.3. The molecule has 0 amide bonds. The number of hydrogen-bond acceptors (Lipinski definition) is 2. The molecule has 33 heavy (non-hydrogen) atoms. The first-order chi connectivity index (χ1) is 16.3. The van der Waals surface area contributed by atoms with Crippen LogP contribution in [0, 0.1) is 6.92 Å². The summed E-state index contributed by atoms with van der Waals surface area (Å²) in [5.41, 5.74) is 9.26. The van der Waals surface area contributed by atoms with Gasteiger partial charge in [-0.2, -0.15) is 0 Å². The average Bonchev–Trinajstić information content (AvgIpc) is 2.89. The van der Waals surface area contributed by atoms with Gasteiger partial charge < -0.3 is 5.32 Å². The molecular formula is C31H26N2. The number of nitrogens with one attached hydrogen (secondary N) is 1. The molecule has 1 aromatic heterocycles. The molecule has 0 bridgehead atoms. The molecule has 5 rings (SSSR count). The fourth-order valence-corrected chi connectivity index (χ4v) is 4.13. The second-order valence-corrected chi connectivity index (χ2v) is 8.24. The fraction of sp³-hybridized carbons (Fsp3) is 0.0645. The van der Waals surface area contributed by atoms with E-state index in [9.17, 15) is 0 Å². The maximum Gasteiger partial charge on any atom is 0.0708 e.